The van der Waals surface area contributed by atoms with E-state index in [0.29, 0.717) is 22.6 Å². The van der Waals surface area contributed by atoms with E-state index in [4.69, 9.17) is 9.84 Å². The molecule has 0 bridgehead atoms. The molecule has 0 saturated carbocycles. The summed E-state index contributed by atoms with van der Waals surface area (Å²) in [6.45, 7) is 0. The normalized spacial score (nSPS) is 11.3. The molecule has 0 atom stereocenters. The summed E-state index contributed by atoms with van der Waals surface area (Å²) in [6.07, 6.45) is -4.95. The number of aliphatic carboxylic acids is 1. The molecule has 0 aromatic heterocycles. The number of carboxylic acid groups (broad SMARTS) is 1. The SMILES string of the molecule is O=C(O)Cc1cccc(Oc2cccc(-c3ccc(F)c(C(F)(F)F)c3)c2)c1. The molecule has 0 amide bonds. The van der Waals surface area contributed by atoms with Crippen molar-refractivity contribution < 1.29 is 32.2 Å². The Kier molecular flexibility index (Phi) is 5.35. The van der Waals surface area contributed by atoms with Crippen LogP contribution in [0, 0.1) is 5.82 Å². The molecule has 144 valence electrons. The molecule has 0 fully saturated rings. The van der Waals surface area contributed by atoms with Gasteiger partial charge in [-0.2, -0.15) is 13.2 Å². The predicted molar refractivity (Wildman–Crippen MR) is 94.7 cm³/mol. The summed E-state index contributed by atoms with van der Waals surface area (Å²) in [4.78, 5) is 10.8. The molecule has 3 aromatic carbocycles. The minimum Gasteiger partial charge on any atom is -0.481 e. The maximum Gasteiger partial charge on any atom is 0.419 e. The summed E-state index contributed by atoms with van der Waals surface area (Å²) >= 11 is 0. The number of benzene rings is 3. The summed E-state index contributed by atoms with van der Waals surface area (Å²) in [5.41, 5.74) is -0.171. The molecule has 3 aromatic rings. The van der Waals surface area contributed by atoms with E-state index in [1.807, 2.05) is 0 Å². The van der Waals surface area contributed by atoms with Gasteiger partial charge in [0.2, 0.25) is 0 Å². The van der Waals surface area contributed by atoms with Gasteiger partial charge in [0.25, 0.3) is 0 Å². The summed E-state index contributed by atoms with van der Waals surface area (Å²) in [7, 11) is 0. The molecule has 0 unspecified atom stereocenters. The Hall–Kier alpha value is -3.35. The summed E-state index contributed by atoms with van der Waals surface area (Å²) in [5, 5.41) is 8.86. The fourth-order valence-corrected chi connectivity index (χ4v) is 2.69. The number of rotatable bonds is 5. The number of hydrogen-bond acceptors (Lipinski definition) is 2. The lowest BCUT2D eigenvalue weighted by Gasteiger charge is -2.12. The molecule has 0 aliphatic rings. The van der Waals surface area contributed by atoms with Crippen LogP contribution in [-0.4, -0.2) is 11.1 Å². The highest BCUT2D eigenvalue weighted by molar-refractivity contribution is 5.70. The Morgan fingerprint density at radius 2 is 1.54 bits per heavy atom. The zero-order valence-electron chi connectivity index (χ0n) is 14.3. The first kappa shape index (κ1) is 19.4. The molecule has 0 aliphatic heterocycles. The van der Waals surface area contributed by atoms with Crippen LogP contribution in [0.2, 0.25) is 0 Å². The molecular formula is C21H14F4O3. The Labute approximate surface area is 157 Å². The van der Waals surface area contributed by atoms with Gasteiger partial charge in [0.15, 0.2) is 0 Å². The number of alkyl halides is 3. The van der Waals surface area contributed by atoms with E-state index in [0.717, 1.165) is 12.1 Å². The fourth-order valence-electron chi connectivity index (χ4n) is 2.69. The van der Waals surface area contributed by atoms with Crippen molar-refractivity contribution in [3.63, 3.8) is 0 Å². The van der Waals surface area contributed by atoms with Crippen molar-refractivity contribution in [2.24, 2.45) is 0 Å². The average molecular weight is 390 g/mol. The van der Waals surface area contributed by atoms with Crippen LogP contribution in [0.25, 0.3) is 11.1 Å². The van der Waals surface area contributed by atoms with Crippen LogP contribution in [0.4, 0.5) is 17.6 Å². The van der Waals surface area contributed by atoms with Gasteiger partial charge in [-0.3, -0.25) is 4.79 Å². The highest BCUT2D eigenvalue weighted by Crippen LogP contribution is 2.35. The lowest BCUT2D eigenvalue weighted by atomic mass is 10.0. The van der Waals surface area contributed by atoms with E-state index in [2.05, 4.69) is 0 Å². The first-order chi connectivity index (χ1) is 13.2. The smallest absolute Gasteiger partial charge is 0.419 e. The topological polar surface area (TPSA) is 46.5 Å². The Morgan fingerprint density at radius 3 is 2.21 bits per heavy atom. The second-order valence-electron chi connectivity index (χ2n) is 6.04. The lowest BCUT2D eigenvalue weighted by Crippen LogP contribution is -2.08. The van der Waals surface area contributed by atoms with Gasteiger partial charge in [0.05, 0.1) is 12.0 Å². The minimum atomic E-state index is -4.79. The van der Waals surface area contributed by atoms with E-state index >= 15 is 0 Å². The summed E-state index contributed by atoms with van der Waals surface area (Å²) in [5.74, 6) is -1.57. The van der Waals surface area contributed by atoms with E-state index < -0.39 is 23.5 Å². The molecule has 1 N–H and O–H groups in total. The van der Waals surface area contributed by atoms with Crippen LogP contribution in [-0.2, 0) is 17.4 Å². The van der Waals surface area contributed by atoms with Gasteiger partial charge >= 0.3 is 12.1 Å². The van der Waals surface area contributed by atoms with Crippen molar-refractivity contribution in [2.45, 2.75) is 12.6 Å². The summed E-state index contributed by atoms with van der Waals surface area (Å²) in [6, 6.07) is 15.6. The van der Waals surface area contributed by atoms with Crippen LogP contribution >= 0.6 is 0 Å². The number of hydrogen-bond donors (Lipinski definition) is 1. The van der Waals surface area contributed by atoms with Gasteiger partial charge in [0.1, 0.15) is 17.3 Å². The molecule has 0 spiro atoms. The van der Waals surface area contributed by atoms with Gasteiger partial charge in [0, 0.05) is 0 Å². The molecule has 0 aliphatic carbocycles. The highest BCUT2D eigenvalue weighted by atomic mass is 19.4. The van der Waals surface area contributed by atoms with Crippen LogP contribution in [0.1, 0.15) is 11.1 Å². The molecule has 3 rings (SSSR count). The molecule has 0 heterocycles. The van der Waals surface area contributed by atoms with E-state index in [-0.39, 0.29) is 12.0 Å². The van der Waals surface area contributed by atoms with Gasteiger partial charge in [-0.05, 0) is 53.1 Å². The van der Waals surface area contributed by atoms with Crippen LogP contribution < -0.4 is 4.74 Å². The third-order valence-corrected chi connectivity index (χ3v) is 3.93. The molecule has 0 radical (unpaired) electrons. The second-order valence-corrected chi connectivity index (χ2v) is 6.04. The number of carbonyl (C=O) groups is 1. The lowest BCUT2D eigenvalue weighted by molar-refractivity contribution is -0.140. The standard InChI is InChI=1S/C21H14F4O3/c22-19-8-7-15(12-18(19)21(23,24)25)14-4-2-6-17(11-14)28-16-5-1-3-13(9-16)10-20(26)27/h1-9,11-12H,10H2,(H,26,27). The molecule has 7 heteroatoms. The molecule has 3 nitrogen and oxygen atoms in total. The van der Waals surface area contributed by atoms with Gasteiger partial charge in [-0.25, -0.2) is 4.39 Å². The van der Waals surface area contributed by atoms with Crippen molar-refractivity contribution in [2.75, 3.05) is 0 Å². The van der Waals surface area contributed by atoms with Crippen molar-refractivity contribution in [1.82, 2.24) is 0 Å². The first-order valence-corrected chi connectivity index (χ1v) is 8.18. The van der Waals surface area contributed by atoms with Crippen molar-refractivity contribution in [3.8, 4) is 22.6 Å². The minimum absolute atomic E-state index is 0.160. The van der Waals surface area contributed by atoms with Gasteiger partial charge in [-0.15, -0.1) is 0 Å². The van der Waals surface area contributed by atoms with Crippen LogP contribution in [0.5, 0.6) is 11.5 Å². The summed E-state index contributed by atoms with van der Waals surface area (Å²) < 4.78 is 58.0. The molecule has 28 heavy (non-hydrogen) atoms. The largest absolute Gasteiger partial charge is 0.481 e. The quantitative estimate of drug-likeness (QED) is 0.549. The van der Waals surface area contributed by atoms with E-state index in [1.165, 1.54) is 12.1 Å². The second kappa shape index (κ2) is 7.72. The number of carboxylic acids is 1. The maximum atomic E-state index is 13.5. The first-order valence-electron chi connectivity index (χ1n) is 8.18. The number of halogens is 4. The zero-order chi connectivity index (χ0) is 20.3. The van der Waals surface area contributed by atoms with Crippen LogP contribution in [0.3, 0.4) is 0 Å². The van der Waals surface area contributed by atoms with Crippen molar-refractivity contribution in [1.29, 1.82) is 0 Å². The third-order valence-electron chi connectivity index (χ3n) is 3.93. The van der Waals surface area contributed by atoms with Gasteiger partial charge < -0.3 is 9.84 Å². The third kappa shape index (κ3) is 4.68. The van der Waals surface area contributed by atoms with Crippen molar-refractivity contribution >= 4 is 5.97 Å². The van der Waals surface area contributed by atoms with E-state index in [1.54, 1.807) is 42.5 Å². The number of ether oxygens (including phenoxy) is 1. The fraction of sp³-hybridized carbons (Fsp3) is 0.0952. The zero-order valence-corrected chi connectivity index (χ0v) is 14.3. The average Bonchev–Trinajstić information content (AvgIpc) is 2.61. The Bertz CT molecular complexity index is 1010. The predicted octanol–water partition coefficient (Wildman–Crippen LogP) is 5.93. The Morgan fingerprint density at radius 1 is 0.893 bits per heavy atom. The monoisotopic (exact) mass is 390 g/mol. The van der Waals surface area contributed by atoms with Crippen LogP contribution in [0.15, 0.2) is 66.7 Å². The van der Waals surface area contributed by atoms with E-state index in [9.17, 15) is 22.4 Å². The van der Waals surface area contributed by atoms with Gasteiger partial charge in [-0.1, -0.05) is 30.3 Å². The van der Waals surface area contributed by atoms with Crippen molar-refractivity contribution in [3.05, 3.63) is 83.7 Å². The molecular weight excluding hydrogens is 376 g/mol. The maximum absolute atomic E-state index is 13.5. The Balaban J connectivity index is 1.88. The molecule has 0 saturated heterocycles. The highest BCUT2D eigenvalue weighted by Gasteiger charge is 2.34.